The molecule has 2 atom stereocenters. The third-order valence-electron chi connectivity index (χ3n) is 10.1. The van der Waals surface area contributed by atoms with Crippen LogP contribution in [0.4, 0.5) is 26.3 Å². The molecule has 7 aromatic rings. The molecule has 354 valence electrons. The number of hydrogen-bond acceptors (Lipinski definition) is 10. The fourth-order valence-electron chi connectivity index (χ4n) is 6.86. The Morgan fingerprint density at radius 3 is 1.34 bits per heavy atom. The molecular formula is C51H52F6N4O6. The van der Waals surface area contributed by atoms with Crippen molar-refractivity contribution in [2.75, 3.05) is 13.2 Å². The number of aromatic nitrogens is 4. The summed E-state index contributed by atoms with van der Waals surface area (Å²) in [6.45, 7) is 12.1. The summed E-state index contributed by atoms with van der Waals surface area (Å²) in [4.78, 5) is 8.56. The summed E-state index contributed by atoms with van der Waals surface area (Å²) in [6, 6.07) is 32.6. The van der Waals surface area contributed by atoms with Crippen molar-refractivity contribution in [1.29, 1.82) is 0 Å². The second kappa shape index (κ2) is 22.3. The molecule has 16 heteroatoms. The number of halogens is 6. The number of benzene rings is 5. The summed E-state index contributed by atoms with van der Waals surface area (Å²) in [5.74, 6) is 0.586. The van der Waals surface area contributed by atoms with Crippen molar-refractivity contribution in [3.05, 3.63) is 143 Å². The van der Waals surface area contributed by atoms with Gasteiger partial charge in [0, 0.05) is 35.5 Å². The minimum absolute atomic E-state index is 0.0598. The summed E-state index contributed by atoms with van der Waals surface area (Å²) in [5.41, 5.74) is 3.29. The maximum absolute atomic E-state index is 13.6. The second-order valence-electron chi connectivity index (χ2n) is 16.8. The molecule has 0 aliphatic carbocycles. The molecule has 0 amide bonds. The van der Waals surface area contributed by atoms with Gasteiger partial charge in [0.2, 0.25) is 11.6 Å². The molecule has 2 unspecified atom stereocenters. The van der Waals surface area contributed by atoms with Crippen molar-refractivity contribution in [3.8, 4) is 57.2 Å². The summed E-state index contributed by atoms with van der Waals surface area (Å²) in [6.07, 6.45) is -8.36. The molecule has 7 rings (SSSR count). The predicted octanol–water partition coefficient (Wildman–Crippen LogP) is 13.0. The Bertz CT molecular complexity index is 2630. The molecule has 2 heterocycles. The summed E-state index contributed by atoms with van der Waals surface area (Å²) < 4.78 is 108. The highest BCUT2D eigenvalue weighted by molar-refractivity contribution is 5.64. The van der Waals surface area contributed by atoms with Crippen LogP contribution >= 0.6 is 0 Å². The molecule has 5 aromatic carbocycles. The highest BCUT2D eigenvalue weighted by Crippen LogP contribution is 2.40. The van der Waals surface area contributed by atoms with Crippen LogP contribution in [0.1, 0.15) is 69.4 Å². The van der Waals surface area contributed by atoms with Crippen LogP contribution in [-0.2, 0) is 36.5 Å². The monoisotopic (exact) mass is 930 g/mol. The first kappa shape index (κ1) is 49.9. The van der Waals surface area contributed by atoms with Gasteiger partial charge in [-0.15, -0.1) is 0 Å². The van der Waals surface area contributed by atoms with E-state index in [4.69, 9.17) is 28.4 Å². The smallest absolute Gasteiger partial charge is 0.419 e. The van der Waals surface area contributed by atoms with Crippen molar-refractivity contribution in [2.24, 2.45) is 11.8 Å². The van der Waals surface area contributed by atoms with E-state index in [-0.39, 0.29) is 58.6 Å². The van der Waals surface area contributed by atoms with Crippen molar-refractivity contribution in [3.63, 3.8) is 0 Å². The Balaban J connectivity index is 0.000000226. The molecule has 0 saturated heterocycles. The first-order valence-electron chi connectivity index (χ1n) is 21.7. The van der Waals surface area contributed by atoms with E-state index in [1.807, 2.05) is 73.7 Å². The van der Waals surface area contributed by atoms with Gasteiger partial charge < -0.3 is 28.4 Å². The number of hydrogen-bond donors (Lipinski definition) is 1. The lowest BCUT2D eigenvalue weighted by Crippen LogP contribution is -2.13. The Labute approximate surface area is 384 Å². The minimum atomic E-state index is -4.58. The second-order valence-corrected chi connectivity index (χ2v) is 16.8. The SMILES string of the molecule is CC(CO)Cc1ccc(-c2nc(-c3ccc(OC(C)C)c(C(F)(F)F)c3)no2)cc1.CC(COCc1ccccc1)Cc1ccc(-c2nc(-c3ccc(OC(C)C)c(C(F)(F)F)c3)no2)cc1. The zero-order valence-corrected chi connectivity index (χ0v) is 37.9. The number of aliphatic hydroxyl groups excluding tert-OH is 1. The van der Waals surface area contributed by atoms with Gasteiger partial charge in [0.15, 0.2) is 0 Å². The van der Waals surface area contributed by atoms with E-state index in [2.05, 4.69) is 27.2 Å². The highest BCUT2D eigenvalue weighted by Gasteiger charge is 2.36. The van der Waals surface area contributed by atoms with E-state index < -0.39 is 35.7 Å². The van der Waals surface area contributed by atoms with E-state index in [9.17, 15) is 26.3 Å². The number of alkyl halides is 6. The normalized spacial score (nSPS) is 12.8. The van der Waals surface area contributed by atoms with Gasteiger partial charge in [-0.1, -0.05) is 78.8 Å². The third-order valence-corrected chi connectivity index (χ3v) is 10.1. The minimum Gasteiger partial charge on any atom is -0.490 e. The topological polar surface area (TPSA) is 126 Å². The maximum atomic E-state index is 13.6. The van der Waals surface area contributed by atoms with Crippen molar-refractivity contribution in [2.45, 2.75) is 85.6 Å². The number of aliphatic hydroxyl groups is 1. The Morgan fingerprint density at radius 1 is 0.522 bits per heavy atom. The van der Waals surface area contributed by atoms with Crippen LogP contribution in [0.3, 0.4) is 0 Å². The van der Waals surface area contributed by atoms with Crippen LogP contribution in [0.5, 0.6) is 11.5 Å². The molecule has 1 N–H and O–H groups in total. The van der Waals surface area contributed by atoms with Gasteiger partial charge in [-0.05, 0) is 130 Å². The fraction of sp³-hybridized carbons (Fsp3) is 0.333. The van der Waals surface area contributed by atoms with Gasteiger partial charge >= 0.3 is 12.4 Å². The molecular weight excluding hydrogens is 879 g/mol. The molecule has 0 spiro atoms. The number of rotatable bonds is 17. The van der Waals surface area contributed by atoms with Crippen LogP contribution < -0.4 is 9.47 Å². The molecule has 0 fully saturated rings. The predicted molar refractivity (Wildman–Crippen MR) is 241 cm³/mol. The molecule has 0 aliphatic heterocycles. The first-order valence-corrected chi connectivity index (χ1v) is 21.7. The molecule has 0 saturated carbocycles. The van der Waals surface area contributed by atoms with Crippen LogP contribution in [0.25, 0.3) is 45.7 Å². The van der Waals surface area contributed by atoms with E-state index in [1.54, 1.807) is 39.8 Å². The largest absolute Gasteiger partial charge is 0.490 e. The van der Waals surface area contributed by atoms with Crippen LogP contribution in [0.15, 0.2) is 124 Å². The van der Waals surface area contributed by atoms with Gasteiger partial charge in [-0.25, -0.2) is 0 Å². The van der Waals surface area contributed by atoms with E-state index in [0.29, 0.717) is 30.3 Å². The zero-order valence-electron chi connectivity index (χ0n) is 37.9. The van der Waals surface area contributed by atoms with Crippen LogP contribution in [0.2, 0.25) is 0 Å². The average molecular weight is 931 g/mol. The molecule has 2 aromatic heterocycles. The third kappa shape index (κ3) is 14.2. The van der Waals surface area contributed by atoms with Crippen molar-refractivity contribution < 1.29 is 54.7 Å². The van der Waals surface area contributed by atoms with Gasteiger partial charge in [0.1, 0.15) is 11.5 Å². The van der Waals surface area contributed by atoms with Crippen molar-refractivity contribution >= 4 is 0 Å². The Morgan fingerprint density at radius 2 is 0.940 bits per heavy atom. The summed E-state index contributed by atoms with van der Waals surface area (Å²) in [7, 11) is 0. The summed E-state index contributed by atoms with van der Waals surface area (Å²) in [5, 5.41) is 16.9. The molecule has 10 nitrogen and oxygen atoms in total. The highest BCUT2D eigenvalue weighted by atomic mass is 19.4. The molecule has 0 aliphatic rings. The number of nitrogens with zero attached hydrogens (tertiary/aromatic N) is 4. The van der Waals surface area contributed by atoms with E-state index >= 15 is 0 Å². The molecule has 0 bridgehead atoms. The lowest BCUT2D eigenvalue weighted by Gasteiger charge is -2.16. The van der Waals surface area contributed by atoms with Crippen LogP contribution in [-0.4, -0.2) is 50.8 Å². The molecule has 0 radical (unpaired) electrons. The van der Waals surface area contributed by atoms with Gasteiger partial charge in [-0.3, -0.25) is 0 Å². The van der Waals surface area contributed by atoms with E-state index in [1.165, 1.54) is 24.3 Å². The quantitative estimate of drug-likeness (QED) is 0.0882. The lowest BCUT2D eigenvalue weighted by atomic mass is 10.0. The van der Waals surface area contributed by atoms with Gasteiger partial charge in [0.05, 0.1) is 29.9 Å². The van der Waals surface area contributed by atoms with Crippen LogP contribution in [0, 0.1) is 11.8 Å². The molecule has 67 heavy (non-hydrogen) atoms. The Kier molecular flexibility index (Phi) is 16.6. The zero-order chi connectivity index (χ0) is 48.3. The number of ether oxygens (including phenoxy) is 3. The first-order chi connectivity index (χ1) is 31.9. The fourth-order valence-corrected chi connectivity index (χ4v) is 6.86. The standard InChI is InChI=1S/C29H29F3N2O3.C22H23F3N2O3/c1-19(2)36-26-14-13-24(16-25(26)29(30,31)32)27-33-28(37-34-27)23-11-9-21(10-12-23)15-20(3)17-35-18-22-7-5-4-6-8-22;1-13(2)29-19-9-8-17(11-18(19)22(23,24)25)20-26-21(30-27-20)16-6-4-15(5-7-16)10-14(3)12-28/h4-14,16,19-20H,15,17-18H2,1-3H3;4-9,11,13-14,28H,10,12H2,1-3H3. The van der Waals surface area contributed by atoms with Gasteiger partial charge in [0.25, 0.3) is 11.8 Å². The Hall–Kier alpha value is -6.52. The lowest BCUT2D eigenvalue weighted by molar-refractivity contribution is -0.140. The van der Waals surface area contributed by atoms with Gasteiger partial charge in [-0.2, -0.15) is 36.3 Å². The average Bonchev–Trinajstić information content (AvgIpc) is 3.99. The maximum Gasteiger partial charge on any atom is 0.419 e. The van der Waals surface area contributed by atoms with Crippen molar-refractivity contribution in [1.82, 2.24) is 20.3 Å². The summed E-state index contributed by atoms with van der Waals surface area (Å²) >= 11 is 0. The van der Waals surface area contributed by atoms with E-state index in [0.717, 1.165) is 41.7 Å².